The molecule has 46 heavy (non-hydrogen) atoms. The number of para-hydroxylation sites is 1. The van der Waals surface area contributed by atoms with Crippen molar-refractivity contribution in [1.82, 2.24) is 20.3 Å². The second kappa shape index (κ2) is 18.7. The van der Waals surface area contributed by atoms with Gasteiger partial charge in [0.25, 0.3) is 5.91 Å². The molecule has 1 heterocycles. The van der Waals surface area contributed by atoms with Gasteiger partial charge < -0.3 is 51.1 Å². The average molecular weight is 639 g/mol. The molecular formula is C32H46N8O6. The number of nitrogens with one attached hydrogen (secondary N) is 4. The molecule has 14 nitrogen and oxygen atoms in total. The van der Waals surface area contributed by atoms with Crippen LogP contribution >= 0.6 is 0 Å². The van der Waals surface area contributed by atoms with Crippen molar-refractivity contribution in [2.45, 2.75) is 50.9 Å². The largest absolute Gasteiger partial charge is 0.493 e. The summed E-state index contributed by atoms with van der Waals surface area (Å²) in [5.74, 6) is 2.33. The van der Waals surface area contributed by atoms with Gasteiger partial charge in [0.05, 0.1) is 46.8 Å². The van der Waals surface area contributed by atoms with Crippen molar-refractivity contribution in [1.29, 1.82) is 0 Å². The van der Waals surface area contributed by atoms with Crippen molar-refractivity contribution < 1.29 is 28.8 Å². The predicted octanol–water partition coefficient (Wildman–Crippen LogP) is 2.55. The highest BCUT2D eigenvalue weighted by atomic mass is 16.5. The Balaban J connectivity index is 1.35. The van der Waals surface area contributed by atoms with Crippen LogP contribution in [-0.2, 0) is 22.6 Å². The first-order valence-corrected chi connectivity index (χ1v) is 15.6. The number of hydrogen-bond acceptors (Lipinski definition) is 13. The van der Waals surface area contributed by atoms with Gasteiger partial charge in [-0.15, -0.1) is 0 Å². The number of anilines is 3. The summed E-state index contributed by atoms with van der Waals surface area (Å²) in [6.45, 7) is 3.55. The zero-order valence-corrected chi connectivity index (χ0v) is 26.6. The summed E-state index contributed by atoms with van der Waals surface area (Å²) in [7, 11) is 3.21. The van der Waals surface area contributed by atoms with E-state index in [0.29, 0.717) is 87.5 Å². The minimum atomic E-state index is -0.257. The normalized spacial score (nSPS) is 16.0. The van der Waals surface area contributed by atoms with Crippen molar-refractivity contribution >= 4 is 23.8 Å². The van der Waals surface area contributed by atoms with E-state index >= 15 is 0 Å². The van der Waals surface area contributed by atoms with Crippen LogP contribution < -0.4 is 36.5 Å². The molecule has 0 bridgehead atoms. The molecule has 1 fully saturated rings. The number of benzene rings is 2. The van der Waals surface area contributed by atoms with Gasteiger partial charge in [0.15, 0.2) is 11.5 Å². The van der Waals surface area contributed by atoms with Crippen LogP contribution in [0, 0.1) is 0 Å². The number of rotatable bonds is 19. The third-order valence-electron chi connectivity index (χ3n) is 7.42. The highest BCUT2D eigenvalue weighted by Gasteiger charge is 2.21. The number of aliphatic hydroxyl groups excluding tert-OH is 1. The molecule has 1 saturated carbocycles. The van der Waals surface area contributed by atoms with E-state index in [1.165, 1.54) is 0 Å². The molecule has 1 aliphatic carbocycles. The van der Waals surface area contributed by atoms with E-state index in [1.54, 1.807) is 26.4 Å². The fraction of sp³-hybridized carbons (Fsp3) is 0.500. The number of amides is 1. The van der Waals surface area contributed by atoms with Gasteiger partial charge >= 0.3 is 0 Å². The van der Waals surface area contributed by atoms with Crippen LogP contribution in [-0.4, -0.2) is 91.8 Å². The maximum absolute atomic E-state index is 12.5. The van der Waals surface area contributed by atoms with E-state index in [1.807, 2.05) is 30.3 Å². The molecule has 1 aliphatic rings. The number of nitrogens with zero attached hydrogens (tertiary/aromatic N) is 3. The summed E-state index contributed by atoms with van der Waals surface area (Å²) in [6.07, 6.45) is 2.88. The van der Waals surface area contributed by atoms with Crippen LogP contribution in [0.1, 0.15) is 47.2 Å². The zero-order chi connectivity index (χ0) is 32.6. The van der Waals surface area contributed by atoms with Crippen molar-refractivity contribution in [2.24, 2.45) is 5.73 Å². The number of aromatic nitrogens is 3. The molecule has 0 unspecified atom stereocenters. The van der Waals surface area contributed by atoms with Gasteiger partial charge in [0, 0.05) is 43.3 Å². The van der Waals surface area contributed by atoms with Crippen LogP contribution in [0.3, 0.4) is 0 Å². The summed E-state index contributed by atoms with van der Waals surface area (Å²) in [6, 6.07) is 13.2. The molecule has 14 heteroatoms. The summed E-state index contributed by atoms with van der Waals surface area (Å²) < 4.78 is 21.7. The van der Waals surface area contributed by atoms with Crippen LogP contribution in [0.5, 0.6) is 11.5 Å². The average Bonchev–Trinajstić information content (AvgIpc) is 3.08. The van der Waals surface area contributed by atoms with E-state index < -0.39 is 0 Å². The maximum Gasteiger partial charge on any atom is 0.251 e. The zero-order valence-electron chi connectivity index (χ0n) is 26.6. The Kier molecular flexibility index (Phi) is 14.0. The van der Waals surface area contributed by atoms with Crippen LogP contribution in [0.15, 0.2) is 42.5 Å². The van der Waals surface area contributed by atoms with Crippen LogP contribution in [0.25, 0.3) is 0 Å². The smallest absolute Gasteiger partial charge is 0.251 e. The molecule has 4 rings (SSSR count). The summed E-state index contributed by atoms with van der Waals surface area (Å²) in [5.41, 5.74) is 7.76. The first kappa shape index (κ1) is 34.6. The topological polar surface area (TPSA) is 187 Å². The number of ether oxygens (including phenoxy) is 4. The molecule has 3 aromatic rings. The Bertz CT molecular complexity index is 1350. The first-order valence-electron chi connectivity index (χ1n) is 15.6. The molecule has 1 aromatic heterocycles. The fourth-order valence-electron chi connectivity index (χ4n) is 4.97. The fourth-order valence-corrected chi connectivity index (χ4v) is 4.97. The maximum atomic E-state index is 12.5. The van der Waals surface area contributed by atoms with Crippen LogP contribution in [0.2, 0.25) is 0 Å². The lowest BCUT2D eigenvalue weighted by Gasteiger charge is -2.26. The number of methoxy groups -OCH3 is 2. The van der Waals surface area contributed by atoms with Gasteiger partial charge in [-0.25, -0.2) is 0 Å². The lowest BCUT2D eigenvalue weighted by molar-refractivity contribution is 0.0511. The Morgan fingerprint density at radius 1 is 0.848 bits per heavy atom. The van der Waals surface area contributed by atoms with Crippen LogP contribution in [0.4, 0.5) is 17.8 Å². The van der Waals surface area contributed by atoms with E-state index in [4.69, 9.17) is 24.7 Å². The van der Waals surface area contributed by atoms with E-state index in [2.05, 4.69) is 36.2 Å². The molecular weight excluding hydrogens is 592 g/mol. The molecule has 0 aliphatic heterocycles. The van der Waals surface area contributed by atoms with Gasteiger partial charge in [-0.05, 0) is 49.4 Å². The highest BCUT2D eigenvalue weighted by molar-refractivity contribution is 5.94. The summed E-state index contributed by atoms with van der Waals surface area (Å²) in [4.78, 5) is 26.3. The third kappa shape index (κ3) is 11.0. The molecule has 0 atom stereocenters. The summed E-state index contributed by atoms with van der Waals surface area (Å²) in [5, 5.41) is 22.7. The standard InChI is InChI=1S/C32H46N8O6/c1-43-27-5-3-4-24(28(27)44-2)21-36-31-38-30(39-32(40-31)37-25-10-12-26(41)13-11-25)35-20-22-6-8-23(9-7-22)29(42)34-15-17-46-19-18-45-16-14-33/h3-9,25-26,41H,10-21,33H2,1-2H3,(H,34,42)(H3,35,36,37,38,39,40). The van der Waals surface area contributed by atoms with Crippen molar-refractivity contribution in [3.05, 3.63) is 59.2 Å². The number of aliphatic hydroxyl groups is 1. The summed E-state index contributed by atoms with van der Waals surface area (Å²) >= 11 is 0. The van der Waals surface area contributed by atoms with Crippen molar-refractivity contribution in [3.63, 3.8) is 0 Å². The molecule has 0 spiro atoms. The van der Waals surface area contributed by atoms with Crippen molar-refractivity contribution in [2.75, 3.05) is 69.7 Å². The van der Waals surface area contributed by atoms with Gasteiger partial charge in [0.2, 0.25) is 17.8 Å². The second-order valence-electron chi connectivity index (χ2n) is 10.8. The van der Waals surface area contributed by atoms with Gasteiger partial charge in [-0.3, -0.25) is 4.79 Å². The highest BCUT2D eigenvalue weighted by Crippen LogP contribution is 2.31. The Morgan fingerprint density at radius 2 is 1.52 bits per heavy atom. The quantitative estimate of drug-likeness (QED) is 0.105. The molecule has 0 saturated heterocycles. The number of carbonyl (C=O) groups excluding carboxylic acids is 1. The Labute approximate surface area is 269 Å². The van der Waals surface area contributed by atoms with E-state index in [-0.39, 0.29) is 18.1 Å². The minimum Gasteiger partial charge on any atom is -0.493 e. The van der Waals surface area contributed by atoms with Crippen molar-refractivity contribution in [3.8, 4) is 11.5 Å². The van der Waals surface area contributed by atoms with E-state index in [9.17, 15) is 9.90 Å². The third-order valence-corrected chi connectivity index (χ3v) is 7.42. The monoisotopic (exact) mass is 638 g/mol. The number of carbonyl (C=O) groups is 1. The Morgan fingerprint density at radius 3 is 2.20 bits per heavy atom. The molecule has 250 valence electrons. The second-order valence-corrected chi connectivity index (χ2v) is 10.8. The molecule has 1 amide bonds. The Hall–Kier alpha value is -4.24. The van der Waals surface area contributed by atoms with Gasteiger partial charge in [-0.1, -0.05) is 24.3 Å². The first-order chi connectivity index (χ1) is 22.5. The number of nitrogens with two attached hydrogens (primary N) is 1. The van der Waals surface area contributed by atoms with Gasteiger partial charge in [0.1, 0.15) is 0 Å². The SMILES string of the molecule is COc1cccc(CNc2nc(NCc3ccc(C(=O)NCCOCCOCCN)cc3)nc(NC3CCC(O)CC3)n2)c1OC. The molecule has 0 radical (unpaired) electrons. The number of hydrogen-bond donors (Lipinski definition) is 6. The molecule has 2 aromatic carbocycles. The lowest BCUT2D eigenvalue weighted by Crippen LogP contribution is -2.29. The molecule has 7 N–H and O–H groups in total. The predicted molar refractivity (Wildman–Crippen MR) is 175 cm³/mol. The van der Waals surface area contributed by atoms with E-state index in [0.717, 1.165) is 36.8 Å². The lowest BCUT2D eigenvalue weighted by atomic mass is 9.93. The van der Waals surface area contributed by atoms with Gasteiger partial charge in [-0.2, -0.15) is 15.0 Å². The minimum absolute atomic E-state index is 0.158.